The van der Waals surface area contributed by atoms with Crippen molar-refractivity contribution in [3.8, 4) is 0 Å². The van der Waals surface area contributed by atoms with Gasteiger partial charge in [0.2, 0.25) is 15.9 Å². The fourth-order valence-corrected chi connectivity index (χ4v) is 5.00. The van der Waals surface area contributed by atoms with Gasteiger partial charge in [-0.05, 0) is 57.2 Å². The van der Waals surface area contributed by atoms with E-state index in [1.165, 1.54) is 19.1 Å². The van der Waals surface area contributed by atoms with Gasteiger partial charge in [0.1, 0.15) is 0 Å². The molecule has 4 rings (SSSR count). The number of aromatic nitrogens is 1. The van der Waals surface area contributed by atoms with Gasteiger partial charge in [0, 0.05) is 34.0 Å². The molecule has 0 bridgehead atoms. The molecule has 0 fully saturated rings. The second kappa shape index (κ2) is 8.17. The van der Waals surface area contributed by atoms with Crippen molar-refractivity contribution in [2.75, 3.05) is 5.32 Å². The number of nitrogens with zero attached hydrogens (tertiary/aromatic N) is 1. The number of benzene rings is 3. The van der Waals surface area contributed by atoms with Crippen LogP contribution in [0.4, 0.5) is 5.69 Å². The number of fused-ring (bicyclic) bond motifs is 3. The van der Waals surface area contributed by atoms with E-state index in [0.717, 1.165) is 33.9 Å². The number of hydrogen-bond acceptors (Lipinski definition) is 3. The molecule has 0 radical (unpaired) electrons. The summed E-state index contributed by atoms with van der Waals surface area (Å²) in [4.78, 5) is 12.8. The predicted molar refractivity (Wildman–Crippen MR) is 125 cm³/mol. The number of nitrogens with one attached hydrogen (secondary N) is 2. The lowest BCUT2D eigenvalue weighted by Gasteiger charge is -2.15. The first-order chi connectivity index (χ1) is 14.8. The highest BCUT2D eigenvalue weighted by Gasteiger charge is 2.22. The van der Waals surface area contributed by atoms with Gasteiger partial charge in [-0.3, -0.25) is 4.79 Å². The second-order valence-electron chi connectivity index (χ2n) is 7.64. The zero-order valence-corrected chi connectivity index (χ0v) is 18.5. The second-order valence-corrected chi connectivity index (χ2v) is 9.35. The minimum Gasteiger partial charge on any atom is -0.341 e. The van der Waals surface area contributed by atoms with Gasteiger partial charge in [-0.1, -0.05) is 35.9 Å². The number of carbonyl (C=O) groups is 1. The van der Waals surface area contributed by atoms with Crippen molar-refractivity contribution in [2.24, 2.45) is 0 Å². The summed E-state index contributed by atoms with van der Waals surface area (Å²) in [6, 6.07) is 19.5. The van der Waals surface area contributed by atoms with Crippen LogP contribution >= 0.6 is 0 Å². The average molecular weight is 436 g/mol. The summed E-state index contributed by atoms with van der Waals surface area (Å²) in [5.74, 6) is -0.422. The predicted octanol–water partition coefficient (Wildman–Crippen LogP) is 4.43. The van der Waals surface area contributed by atoms with Crippen LogP contribution in [0.1, 0.15) is 19.4 Å². The van der Waals surface area contributed by atoms with E-state index >= 15 is 0 Å². The Balaban J connectivity index is 1.56. The van der Waals surface area contributed by atoms with Gasteiger partial charge >= 0.3 is 0 Å². The number of hydrogen-bond donors (Lipinski definition) is 2. The number of amides is 1. The number of anilines is 1. The molecule has 160 valence electrons. The molecule has 3 aromatic carbocycles. The van der Waals surface area contributed by atoms with Crippen molar-refractivity contribution in [3.05, 3.63) is 72.3 Å². The summed E-state index contributed by atoms with van der Waals surface area (Å²) in [5.41, 5.74) is 3.82. The minimum atomic E-state index is -3.79. The van der Waals surface area contributed by atoms with Crippen molar-refractivity contribution < 1.29 is 13.2 Å². The molecule has 0 saturated heterocycles. The summed E-state index contributed by atoms with van der Waals surface area (Å²) < 4.78 is 29.8. The summed E-state index contributed by atoms with van der Waals surface area (Å²) >= 11 is 0. The van der Waals surface area contributed by atoms with Crippen LogP contribution in [0.25, 0.3) is 21.8 Å². The number of carbonyl (C=O) groups excluding carboxylic acids is 1. The SMILES string of the molecule is CCn1c2ccccc2c2cc(NC(=O)[C@@H](C)NS(=O)(=O)c3ccc(C)cc3)ccc21. The maximum atomic E-state index is 12.7. The Kier molecular flexibility index (Phi) is 5.56. The smallest absolute Gasteiger partial charge is 0.242 e. The van der Waals surface area contributed by atoms with E-state index in [2.05, 4.69) is 33.7 Å². The lowest BCUT2D eigenvalue weighted by molar-refractivity contribution is -0.117. The van der Waals surface area contributed by atoms with Crippen molar-refractivity contribution >= 4 is 43.4 Å². The Bertz CT molecular complexity index is 1370. The van der Waals surface area contributed by atoms with E-state index in [1.807, 2.05) is 37.3 Å². The fraction of sp³-hybridized carbons (Fsp3) is 0.208. The van der Waals surface area contributed by atoms with Crippen LogP contribution in [0.15, 0.2) is 71.6 Å². The Morgan fingerprint density at radius 2 is 1.65 bits per heavy atom. The maximum Gasteiger partial charge on any atom is 0.242 e. The lowest BCUT2D eigenvalue weighted by atomic mass is 10.1. The van der Waals surface area contributed by atoms with Gasteiger partial charge < -0.3 is 9.88 Å². The molecule has 2 N–H and O–H groups in total. The molecule has 0 aliphatic heterocycles. The molecule has 0 aliphatic rings. The number of aryl methyl sites for hydroxylation is 2. The molecule has 4 aromatic rings. The summed E-state index contributed by atoms with van der Waals surface area (Å²) in [5, 5.41) is 4.99. The van der Waals surface area contributed by atoms with Crippen molar-refractivity contribution in [1.82, 2.24) is 9.29 Å². The van der Waals surface area contributed by atoms with Gasteiger partial charge in [-0.2, -0.15) is 4.72 Å². The molecule has 1 heterocycles. The van der Waals surface area contributed by atoms with E-state index < -0.39 is 22.0 Å². The number of rotatable bonds is 6. The standard InChI is InChI=1S/C24H25N3O3S/c1-4-27-22-8-6-5-7-20(22)21-15-18(11-14-23(21)27)25-24(28)17(3)26-31(29,30)19-12-9-16(2)10-13-19/h5-15,17,26H,4H2,1-3H3,(H,25,28)/t17-/m1/s1. The lowest BCUT2D eigenvalue weighted by Crippen LogP contribution is -2.41. The normalized spacial score (nSPS) is 12.9. The van der Waals surface area contributed by atoms with Crippen LogP contribution in [0.2, 0.25) is 0 Å². The summed E-state index contributed by atoms with van der Waals surface area (Å²) in [6.45, 7) is 6.36. The Morgan fingerprint density at radius 1 is 0.968 bits per heavy atom. The Labute approximate surface area is 181 Å². The maximum absolute atomic E-state index is 12.7. The molecule has 7 heteroatoms. The number of sulfonamides is 1. The highest BCUT2D eigenvalue weighted by molar-refractivity contribution is 7.89. The topological polar surface area (TPSA) is 80.2 Å². The van der Waals surface area contributed by atoms with E-state index in [9.17, 15) is 13.2 Å². The van der Waals surface area contributed by atoms with Crippen LogP contribution in [0.5, 0.6) is 0 Å². The van der Waals surface area contributed by atoms with Gasteiger partial charge in [-0.15, -0.1) is 0 Å². The van der Waals surface area contributed by atoms with Gasteiger partial charge in [-0.25, -0.2) is 8.42 Å². The molecule has 1 amide bonds. The van der Waals surface area contributed by atoms with E-state index in [-0.39, 0.29) is 4.90 Å². The highest BCUT2D eigenvalue weighted by atomic mass is 32.2. The van der Waals surface area contributed by atoms with E-state index in [1.54, 1.807) is 12.1 Å². The van der Waals surface area contributed by atoms with Crippen LogP contribution in [0.3, 0.4) is 0 Å². The summed E-state index contributed by atoms with van der Waals surface area (Å²) in [7, 11) is -3.79. The Hall–Kier alpha value is -3.16. The zero-order valence-electron chi connectivity index (χ0n) is 17.7. The first kappa shape index (κ1) is 21.1. The molecule has 0 saturated carbocycles. The highest BCUT2D eigenvalue weighted by Crippen LogP contribution is 2.31. The fourth-order valence-electron chi connectivity index (χ4n) is 3.79. The van der Waals surface area contributed by atoms with Gasteiger partial charge in [0.05, 0.1) is 10.9 Å². The van der Waals surface area contributed by atoms with Crippen LogP contribution in [-0.4, -0.2) is 24.9 Å². The van der Waals surface area contributed by atoms with Crippen molar-refractivity contribution in [3.63, 3.8) is 0 Å². The molecule has 1 aromatic heterocycles. The van der Waals surface area contributed by atoms with Crippen molar-refractivity contribution in [1.29, 1.82) is 0 Å². The molecular weight excluding hydrogens is 410 g/mol. The first-order valence-corrected chi connectivity index (χ1v) is 11.7. The van der Waals surface area contributed by atoms with E-state index in [4.69, 9.17) is 0 Å². The van der Waals surface area contributed by atoms with Crippen LogP contribution in [0, 0.1) is 6.92 Å². The van der Waals surface area contributed by atoms with Crippen molar-refractivity contribution in [2.45, 2.75) is 38.3 Å². The van der Waals surface area contributed by atoms with E-state index in [0.29, 0.717) is 5.69 Å². The first-order valence-electron chi connectivity index (χ1n) is 10.2. The summed E-state index contributed by atoms with van der Waals surface area (Å²) in [6.07, 6.45) is 0. The molecule has 31 heavy (non-hydrogen) atoms. The molecular formula is C24H25N3O3S. The minimum absolute atomic E-state index is 0.131. The number of para-hydroxylation sites is 1. The zero-order chi connectivity index (χ0) is 22.2. The third-order valence-corrected chi connectivity index (χ3v) is 6.97. The van der Waals surface area contributed by atoms with Crippen LogP contribution < -0.4 is 10.0 Å². The van der Waals surface area contributed by atoms with Gasteiger partial charge in [0.25, 0.3) is 0 Å². The molecule has 6 nitrogen and oxygen atoms in total. The van der Waals surface area contributed by atoms with Crippen LogP contribution in [-0.2, 0) is 21.4 Å². The molecule has 1 atom stereocenters. The average Bonchev–Trinajstić information content (AvgIpc) is 3.06. The Morgan fingerprint density at radius 3 is 2.35 bits per heavy atom. The van der Waals surface area contributed by atoms with Gasteiger partial charge in [0.15, 0.2) is 0 Å². The largest absolute Gasteiger partial charge is 0.341 e. The monoisotopic (exact) mass is 435 g/mol. The third kappa shape index (κ3) is 4.06. The third-order valence-electron chi connectivity index (χ3n) is 5.41. The molecule has 0 spiro atoms. The molecule has 0 unspecified atom stereocenters. The molecule has 0 aliphatic carbocycles. The quantitative estimate of drug-likeness (QED) is 0.470.